The molecule has 118 valence electrons. The SMILES string of the molecule is CC(C)N(C(=O)Cn1nc(-c2ccco2)ccc1=O)C(C)C. The largest absolute Gasteiger partial charge is 0.463 e. The third-order valence-electron chi connectivity index (χ3n) is 3.33. The van der Waals surface area contributed by atoms with Gasteiger partial charge in [-0.3, -0.25) is 9.59 Å². The molecule has 0 aliphatic carbocycles. The van der Waals surface area contributed by atoms with E-state index in [0.717, 1.165) is 0 Å². The summed E-state index contributed by atoms with van der Waals surface area (Å²) in [6.45, 7) is 7.73. The molecular formula is C16H21N3O3. The van der Waals surface area contributed by atoms with Gasteiger partial charge < -0.3 is 9.32 Å². The second-order valence-electron chi connectivity index (χ2n) is 5.68. The summed E-state index contributed by atoms with van der Waals surface area (Å²) in [5, 5.41) is 4.22. The first kappa shape index (κ1) is 16.0. The van der Waals surface area contributed by atoms with Gasteiger partial charge in [-0.2, -0.15) is 5.10 Å². The molecule has 2 aromatic heterocycles. The second kappa shape index (κ2) is 6.60. The monoisotopic (exact) mass is 303 g/mol. The predicted molar refractivity (Wildman–Crippen MR) is 83.3 cm³/mol. The highest BCUT2D eigenvalue weighted by Gasteiger charge is 2.21. The van der Waals surface area contributed by atoms with Gasteiger partial charge in [0.25, 0.3) is 5.56 Å². The van der Waals surface area contributed by atoms with Gasteiger partial charge in [0, 0.05) is 18.2 Å². The number of carbonyl (C=O) groups excluding carboxylic acids is 1. The lowest BCUT2D eigenvalue weighted by atomic mass is 10.2. The Morgan fingerprint density at radius 1 is 1.23 bits per heavy atom. The zero-order valence-electron chi connectivity index (χ0n) is 13.3. The number of hydrogen-bond acceptors (Lipinski definition) is 4. The maximum atomic E-state index is 12.4. The van der Waals surface area contributed by atoms with E-state index in [0.29, 0.717) is 11.5 Å². The van der Waals surface area contributed by atoms with Crippen LogP contribution in [0, 0.1) is 0 Å². The molecule has 0 saturated carbocycles. The van der Waals surface area contributed by atoms with E-state index in [9.17, 15) is 9.59 Å². The van der Waals surface area contributed by atoms with E-state index in [1.54, 1.807) is 23.1 Å². The highest BCUT2D eigenvalue weighted by Crippen LogP contribution is 2.15. The predicted octanol–water partition coefficient (Wildman–Crippen LogP) is 2.15. The third kappa shape index (κ3) is 3.44. The van der Waals surface area contributed by atoms with Crippen LogP contribution in [0.4, 0.5) is 0 Å². The molecule has 2 heterocycles. The van der Waals surface area contributed by atoms with Gasteiger partial charge in [-0.25, -0.2) is 4.68 Å². The molecule has 0 bridgehead atoms. The Bertz CT molecular complexity index is 679. The Hall–Kier alpha value is -2.37. The van der Waals surface area contributed by atoms with Gasteiger partial charge in [-0.1, -0.05) is 0 Å². The minimum Gasteiger partial charge on any atom is -0.463 e. The molecule has 0 aliphatic rings. The van der Waals surface area contributed by atoms with Gasteiger partial charge in [0.2, 0.25) is 5.91 Å². The molecule has 22 heavy (non-hydrogen) atoms. The van der Waals surface area contributed by atoms with Crippen LogP contribution >= 0.6 is 0 Å². The van der Waals surface area contributed by atoms with Gasteiger partial charge >= 0.3 is 0 Å². The molecular weight excluding hydrogens is 282 g/mol. The Kier molecular flexibility index (Phi) is 4.80. The van der Waals surface area contributed by atoms with Crippen LogP contribution in [-0.4, -0.2) is 32.7 Å². The summed E-state index contributed by atoms with van der Waals surface area (Å²) in [6, 6.07) is 6.62. The van der Waals surface area contributed by atoms with Crippen molar-refractivity contribution in [2.24, 2.45) is 0 Å². The molecule has 2 rings (SSSR count). The summed E-state index contributed by atoms with van der Waals surface area (Å²) >= 11 is 0. The fourth-order valence-corrected chi connectivity index (χ4v) is 2.50. The number of amides is 1. The Labute approximate surface area is 129 Å². The highest BCUT2D eigenvalue weighted by atomic mass is 16.3. The lowest BCUT2D eigenvalue weighted by molar-refractivity contribution is -0.135. The summed E-state index contributed by atoms with van der Waals surface area (Å²) in [4.78, 5) is 26.1. The zero-order valence-corrected chi connectivity index (χ0v) is 13.3. The van der Waals surface area contributed by atoms with Crippen molar-refractivity contribution in [2.75, 3.05) is 0 Å². The number of carbonyl (C=O) groups is 1. The van der Waals surface area contributed by atoms with Crippen LogP contribution < -0.4 is 5.56 Å². The van der Waals surface area contributed by atoms with E-state index >= 15 is 0 Å². The molecule has 0 atom stereocenters. The average Bonchev–Trinajstić information content (AvgIpc) is 2.94. The standard InChI is InChI=1S/C16H21N3O3/c1-11(2)19(12(3)4)16(21)10-18-15(20)8-7-13(17-18)14-6-5-9-22-14/h5-9,11-12H,10H2,1-4H3. The van der Waals surface area contributed by atoms with Crippen molar-refractivity contribution < 1.29 is 9.21 Å². The molecule has 0 saturated heterocycles. The smallest absolute Gasteiger partial charge is 0.267 e. The van der Waals surface area contributed by atoms with Crippen molar-refractivity contribution in [3.63, 3.8) is 0 Å². The van der Waals surface area contributed by atoms with Crippen molar-refractivity contribution >= 4 is 5.91 Å². The molecule has 6 nitrogen and oxygen atoms in total. The van der Waals surface area contributed by atoms with Crippen LogP contribution in [0.5, 0.6) is 0 Å². The van der Waals surface area contributed by atoms with E-state index in [1.165, 1.54) is 17.0 Å². The number of hydrogen-bond donors (Lipinski definition) is 0. The van der Waals surface area contributed by atoms with Crippen LogP contribution in [0.1, 0.15) is 27.7 Å². The molecule has 0 aliphatic heterocycles. The topological polar surface area (TPSA) is 68.3 Å². The van der Waals surface area contributed by atoms with E-state index in [4.69, 9.17) is 4.42 Å². The fourth-order valence-electron chi connectivity index (χ4n) is 2.50. The van der Waals surface area contributed by atoms with E-state index in [2.05, 4.69) is 5.10 Å². The lowest BCUT2D eigenvalue weighted by Crippen LogP contribution is -2.45. The van der Waals surface area contributed by atoms with Crippen LogP contribution in [-0.2, 0) is 11.3 Å². The average molecular weight is 303 g/mol. The summed E-state index contributed by atoms with van der Waals surface area (Å²) in [5.41, 5.74) is 0.217. The minimum absolute atomic E-state index is 0.0662. The Morgan fingerprint density at radius 2 is 1.91 bits per heavy atom. The lowest BCUT2D eigenvalue weighted by Gasteiger charge is -2.30. The maximum Gasteiger partial charge on any atom is 0.267 e. The van der Waals surface area contributed by atoms with Crippen molar-refractivity contribution in [3.05, 3.63) is 40.9 Å². The first-order chi connectivity index (χ1) is 10.4. The zero-order chi connectivity index (χ0) is 16.3. The van der Waals surface area contributed by atoms with Gasteiger partial charge in [0.1, 0.15) is 12.2 Å². The maximum absolute atomic E-state index is 12.4. The molecule has 0 spiro atoms. The Balaban J connectivity index is 2.27. The highest BCUT2D eigenvalue weighted by molar-refractivity contribution is 5.76. The quantitative estimate of drug-likeness (QED) is 0.848. The molecule has 6 heteroatoms. The molecule has 0 N–H and O–H groups in total. The summed E-state index contributed by atoms with van der Waals surface area (Å²) in [6.07, 6.45) is 1.54. The van der Waals surface area contributed by atoms with Crippen molar-refractivity contribution in [2.45, 2.75) is 46.3 Å². The van der Waals surface area contributed by atoms with Gasteiger partial charge in [-0.05, 0) is 45.9 Å². The van der Waals surface area contributed by atoms with E-state index in [1.807, 2.05) is 27.7 Å². The molecule has 0 radical (unpaired) electrons. The van der Waals surface area contributed by atoms with Crippen LogP contribution in [0.3, 0.4) is 0 Å². The van der Waals surface area contributed by atoms with Crippen LogP contribution in [0.25, 0.3) is 11.5 Å². The number of rotatable bonds is 5. The Morgan fingerprint density at radius 3 is 2.45 bits per heavy atom. The van der Waals surface area contributed by atoms with Gasteiger partial charge in [0.05, 0.1) is 6.26 Å². The van der Waals surface area contributed by atoms with Crippen molar-refractivity contribution in [1.29, 1.82) is 0 Å². The van der Waals surface area contributed by atoms with E-state index < -0.39 is 0 Å². The first-order valence-electron chi connectivity index (χ1n) is 7.33. The first-order valence-corrected chi connectivity index (χ1v) is 7.33. The number of aromatic nitrogens is 2. The molecule has 2 aromatic rings. The molecule has 1 amide bonds. The fraction of sp³-hybridized carbons (Fsp3) is 0.438. The third-order valence-corrected chi connectivity index (χ3v) is 3.33. The number of nitrogens with zero attached hydrogens (tertiary/aromatic N) is 3. The number of furan rings is 1. The summed E-state index contributed by atoms with van der Waals surface area (Å²) < 4.78 is 6.45. The van der Waals surface area contributed by atoms with Crippen molar-refractivity contribution in [3.8, 4) is 11.5 Å². The minimum atomic E-state index is -0.309. The van der Waals surface area contributed by atoms with Gasteiger partial charge in [-0.15, -0.1) is 0 Å². The molecule has 0 aromatic carbocycles. The van der Waals surface area contributed by atoms with Crippen LogP contribution in [0.2, 0.25) is 0 Å². The van der Waals surface area contributed by atoms with E-state index in [-0.39, 0.29) is 30.1 Å². The summed E-state index contributed by atoms with van der Waals surface area (Å²) in [5.74, 6) is 0.432. The van der Waals surface area contributed by atoms with Crippen LogP contribution in [0.15, 0.2) is 39.7 Å². The molecule has 0 fully saturated rings. The van der Waals surface area contributed by atoms with Crippen molar-refractivity contribution in [1.82, 2.24) is 14.7 Å². The normalized spacial score (nSPS) is 11.2. The second-order valence-corrected chi connectivity index (χ2v) is 5.68. The summed E-state index contributed by atoms with van der Waals surface area (Å²) in [7, 11) is 0. The van der Waals surface area contributed by atoms with Gasteiger partial charge in [0.15, 0.2) is 5.76 Å². The molecule has 0 unspecified atom stereocenters.